The molecule has 1 aliphatic heterocycles. The number of hydrogen-bond acceptors (Lipinski definition) is 2. The van der Waals surface area contributed by atoms with Crippen LogP contribution in [-0.2, 0) is 13.5 Å². The van der Waals surface area contributed by atoms with Crippen molar-refractivity contribution in [2.24, 2.45) is 7.05 Å². The Kier molecular flexibility index (Phi) is 3.71. The summed E-state index contributed by atoms with van der Waals surface area (Å²) in [5, 5.41) is 0. The molecule has 1 N–H and O–H groups in total. The Bertz CT molecular complexity index is 1090. The molecule has 2 atom stereocenters. The maximum Gasteiger partial charge on any atom is 0.326 e. The Morgan fingerprint density at radius 3 is 2.89 bits per heavy atom. The number of aromatic amines is 1. The minimum absolute atomic E-state index is 0.0793. The van der Waals surface area contributed by atoms with Gasteiger partial charge in [0, 0.05) is 31.1 Å². The van der Waals surface area contributed by atoms with E-state index in [2.05, 4.69) is 34.1 Å². The van der Waals surface area contributed by atoms with Crippen LogP contribution in [0.3, 0.4) is 0 Å². The van der Waals surface area contributed by atoms with Gasteiger partial charge in [0.1, 0.15) is 0 Å². The van der Waals surface area contributed by atoms with E-state index in [1.807, 2.05) is 18.2 Å². The minimum atomic E-state index is -0.156. The van der Waals surface area contributed by atoms with Crippen LogP contribution in [-0.4, -0.2) is 32.9 Å². The second-order valence-electron chi connectivity index (χ2n) is 7.77. The molecule has 1 aromatic heterocycles. The molecule has 0 spiro atoms. The summed E-state index contributed by atoms with van der Waals surface area (Å²) in [5.41, 5.74) is 4.90. The number of amides is 1. The first-order valence-electron chi connectivity index (χ1n) is 9.71. The zero-order valence-electron chi connectivity index (χ0n) is 15.4. The summed E-state index contributed by atoms with van der Waals surface area (Å²) in [6.07, 6.45) is 4.24. The highest BCUT2D eigenvalue weighted by molar-refractivity contribution is 5.97. The quantitative estimate of drug-likeness (QED) is 0.724. The predicted octanol–water partition coefficient (Wildman–Crippen LogP) is 3.20. The number of piperidine rings is 1. The van der Waals surface area contributed by atoms with Crippen LogP contribution in [0.2, 0.25) is 0 Å². The molecule has 1 aliphatic carbocycles. The molecule has 3 aromatic rings. The number of carbonyl (C=O) groups is 1. The highest BCUT2D eigenvalue weighted by Crippen LogP contribution is 2.41. The molecular formula is C22H23N3O2. The van der Waals surface area contributed by atoms with Crippen molar-refractivity contribution in [3.8, 4) is 0 Å². The largest absolute Gasteiger partial charge is 0.335 e. The van der Waals surface area contributed by atoms with Crippen molar-refractivity contribution in [1.29, 1.82) is 0 Å². The molecule has 1 fully saturated rings. The molecular weight excluding hydrogens is 338 g/mol. The van der Waals surface area contributed by atoms with Gasteiger partial charge in [0.15, 0.2) is 0 Å². The van der Waals surface area contributed by atoms with Gasteiger partial charge in [-0.15, -0.1) is 0 Å². The number of carbonyl (C=O) groups excluding carboxylic acids is 1. The van der Waals surface area contributed by atoms with Crippen molar-refractivity contribution >= 4 is 16.9 Å². The molecule has 1 amide bonds. The predicted molar refractivity (Wildman–Crippen MR) is 105 cm³/mol. The SMILES string of the molecule is Cn1c(=O)[nH]c2cc(C(=O)N3CCCC4c5ccccc5CCC43)ccc21. The molecule has 138 valence electrons. The maximum atomic E-state index is 13.3. The zero-order valence-corrected chi connectivity index (χ0v) is 15.4. The number of nitrogens with zero attached hydrogens (tertiary/aromatic N) is 2. The van der Waals surface area contributed by atoms with Crippen LogP contribution in [0.25, 0.3) is 11.0 Å². The minimum Gasteiger partial charge on any atom is -0.335 e. The van der Waals surface area contributed by atoms with E-state index >= 15 is 0 Å². The molecule has 5 nitrogen and oxygen atoms in total. The molecule has 5 rings (SSSR count). The van der Waals surface area contributed by atoms with Crippen molar-refractivity contribution in [1.82, 2.24) is 14.5 Å². The van der Waals surface area contributed by atoms with Crippen LogP contribution in [0.15, 0.2) is 47.3 Å². The average molecular weight is 361 g/mol. The number of hydrogen-bond donors (Lipinski definition) is 1. The van der Waals surface area contributed by atoms with Crippen molar-refractivity contribution < 1.29 is 4.79 Å². The van der Waals surface area contributed by atoms with E-state index in [4.69, 9.17) is 0 Å². The van der Waals surface area contributed by atoms with Crippen LogP contribution >= 0.6 is 0 Å². The number of nitrogens with one attached hydrogen (secondary N) is 1. The van der Waals surface area contributed by atoms with Crippen molar-refractivity contribution in [2.45, 2.75) is 37.6 Å². The molecule has 0 radical (unpaired) electrons. The molecule has 2 aromatic carbocycles. The van der Waals surface area contributed by atoms with Gasteiger partial charge >= 0.3 is 5.69 Å². The molecule has 2 heterocycles. The van der Waals surface area contributed by atoms with Gasteiger partial charge in [-0.1, -0.05) is 24.3 Å². The van der Waals surface area contributed by atoms with Crippen LogP contribution in [0, 0.1) is 0 Å². The second kappa shape index (κ2) is 6.12. The van der Waals surface area contributed by atoms with Crippen LogP contribution in [0.5, 0.6) is 0 Å². The monoisotopic (exact) mass is 361 g/mol. The van der Waals surface area contributed by atoms with E-state index < -0.39 is 0 Å². The lowest BCUT2D eigenvalue weighted by Gasteiger charge is -2.45. The van der Waals surface area contributed by atoms with Gasteiger partial charge in [0.25, 0.3) is 5.91 Å². The lowest BCUT2D eigenvalue weighted by molar-refractivity contribution is 0.0547. The van der Waals surface area contributed by atoms with Gasteiger partial charge in [0.2, 0.25) is 0 Å². The molecule has 27 heavy (non-hydrogen) atoms. The number of aryl methyl sites for hydroxylation is 2. The molecule has 0 bridgehead atoms. The highest BCUT2D eigenvalue weighted by atomic mass is 16.2. The van der Waals surface area contributed by atoms with Gasteiger partial charge in [-0.3, -0.25) is 9.36 Å². The summed E-state index contributed by atoms with van der Waals surface area (Å²) >= 11 is 0. The average Bonchev–Trinajstić information content (AvgIpc) is 3.00. The third-order valence-electron chi connectivity index (χ3n) is 6.35. The zero-order chi connectivity index (χ0) is 18.5. The van der Waals surface area contributed by atoms with Crippen LogP contribution < -0.4 is 5.69 Å². The fraction of sp³-hybridized carbons (Fsp3) is 0.364. The van der Waals surface area contributed by atoms with E-state index in [0.29, 0.717) is 11.5 Å². The number of aromatic nitrogens is 2. The number of rotatable bonds is 1. The Morgan fingerprint density at radius 2 is 2.00 bits per heavy atom. The van der Waals surface area contributed by atoms with Crippen LogP contribution in [0.4, 0.5) is 0 Å². The molecule has 2 unspecified atom stereocenters. The standard InChI is InChI=1S/C22H23N3O2/c1-24-20-11-9-15(13-18(20)23-22(24)27)21(26)25-12-4-7-17-16-6-3-2-5-14(16)8-10-19(17)25/h2-3,5-6,9,11,13,17,19H,4,7-8,10,12H2,1H3,(H,23,27). The number of H-pyrrole nitrogens is 1. The van der Waals surface area contributed by atoms with Crippen molar-refractivity contribution in [2.75, 3.05) is 6.54 Å². The Hall–Kier alpha value is -2.82. The third-order valence-corrected chi connectivity index (χ3v) is 6.35. The van der Waals surface area contributed by atoms with Gasteiger partial charge in [-0.25, -0.2) is 4.79 Å². The first-order valence-corrected chi connectivity index (χ1v) is 9.71. The summed E-state index contributed by atoms with van der Waals surface area (Å²) in [7, 11) is 1.73. The number of benzene rings is 2. The first kappa shape index (κ1) is 16.4. The maximum absolute atomic E-state index is 13.3. The number of fused-ring (bicyclic) bond motifs is 4. The Balaban J connectivity index is 1.49. The molecule has 2 aliphatic rings. The summed E-state index contributed by atoms with van der Waals surface area (Å²) in [4.78, 5) is 30.1. The summed E-state index contributed by atoms with van der Waals surface area (Å²) < 4.78 is 1.57. The van der Waals surface area contributed by atoms with E-state index in [1.54, 1.807) is 11.6 Å². The van der Waals surface area contributed by atoms with Gasteiger partial charge in [-0.2, -0.15) is 0 Å². The van der Waals surface area contributed by atoms with E-state index in [0.717, 1.165) is 43.3 Å². The normalized spacial score (nSPS) is 21.7. The van der Waals surface area contributed by atoms with E-state index in [-0.39, 0.29) is 17.6 Å². The van der Waals surface area contributed by atoms with E-state index in [1.165, 1.54) is 11.1 Å². The van der Waals surface area contributed by atoms with Crippen LogP contribution in [0.1, 0.15) is 46.7 Å². The number of likely N-dealkylation sites (tertiary alicyclic amines) is 1. The molecule has 1 saturated heterocycles. The third kappa shape index (κ3) is 2.52. The Labute approximate surface area is 157 Å². The highest BCUT2D eigenvalue weighted by Gasteiger charge is 2.38. The van der Waals surface area contributed by atoms with Gasteiger partial charge in [-0.05, 0) is 55.0 Å². The summed E-state index contributed by atoms with van der Waals surface area (Å²) in [6, 6.07) is 14.5. The number of imidazole rings is 1. The van der Waals surface area contributed by atoms with Gasteiger partial charge < -0.3 is 9.88 Å². The second-order valence-corrected chi connectivity index (χ2v) is 7.77. The van der Waals surface area contributed by atoms with E-state index in [9.17, 15) is 9.59 Å². The van der Waals surface area contributed by atoms with Crippen molar-refractivity contribution in [3.63, 3.8) is 0 Å². The smallest absolute Gasteiger partial charge is 0.326 e. The lowest BCUT2D eigenvalue weighted by Crippen LogP contribution is -2.49. The lowest BCUT2D eigenvalue weighted by atomic mass is 9.74. The molecule has 0 saturated carbocycles. The Morgan fingerprint density at radius 1 is 1.15 bits per heavy atom. The fourth-order valence-electron chi connectivity index (χ4n) is 4.99. The summed E-state index contributed by atoms with van der Waals surface area (Å²) in [6.45, 7) is 0.811. The topological polar surface area (TPSA) is 58.1 Å². The fourth-order valence-corrected chi connectivity index (χ4v) is 4.99. The van der Waals surface area contributed by atoms with Crippen molar-refractivity contribution in [3.05, 3.63) is 69.6 Å². The first-order chi connectivity index (χ1) is 13.1. The molecule has 5 heteroatoms. The van der Waals surface area contributed by atoms with Gasteiger partial charge in [0.05, 0.1) is 11.0 Å². The summed E-state index contributed by atoms with van der Waals surface area (Å²) in [5.74, 6) is 0.517.